The predicted molar refractivity (Wildman–Crippen MR) is 86.6 cm³/mol. The molecule has 0 saturated carbocycles. The summed E-state index contributed by atoms with van der Waals surface area (Å²) >= 11 is 13.4. The lowest BCUT2D eigenvalue weighted by Gasteiger charge is -2.09. The molecule has 0 aliphatic carbocycles. The maximum Gasteiger partial charge on any atom is 0.229 e. The minimum absolute atomic E-state index is 0.338. The van der Waals surface area contributed by atoms with E-state index in [-0.39, 0.29) is 0 Å². The number of thiophene rings is 1. The van der Waals surface area contributed by atoms with E-state index < -0.39 is 10.0 Å². The normalized spacial score (nSPS) is 11.3. The smallest absolute Gasteiger partial charge is 0.229 e. The Balaban J connectivity index is 2.05. The molecule has 4 nitrogen and oxygen atoms in total. The van der Waals surface area contributed by atoms with Crippen molar-refractivity contribution < 1.29 is 8.42 Å². The molecule has 0 aliphatic rings. The molecule has 0 fully saturated rings. The molecule has 2 rings (SSSR count). The zero-order valence-corrected chi connectivity index (χ0v) is 13.6. The summed E-state index contributed by atoms with van der Waals surface area (Å²) < 4.78 is 24.7. The van der Waals surface area contributed by atoms with Gasteiger partial charge >= 0.3 is 0 Å². The Labute approximate surface area is 131 Å². The summed E-state index contributed by atoms with van der Waals surface area (Å²) in [7, 11) is -3.33. The molecule has 108 valence electrons. The molecule has 0 radical (unpaired) electrons. The van der Waals surface area contributed by atoms with E-state index in [1.165, 1.54) is 0 Å². The quantitative estimate of drug-likeness (QED) is 0.855. The van der Waals surface area contributed by atoms with Crippen molar-refractivity contribution in [3.63, 3.8) is 0 Å². The molecule has 2 aromatic rings. The Hall–Kier alpha value is -0.950. The third-order valence-corrected chi connectivity index (χ3v) is 4.54. The topological polar surface area (TPSA) is 58.2 Å². The summed E-state index contributed by atoms with van der Waals surface area (Å²) in [6, 6.07) is 6.94. The van der Waals surface area contributed by atoms with E-state index in [9.17, 15) is 8.42 Å². The number of hydrogen-bond donors (Lipinski definition) is 2. The second kappa shape index (κ2) is 6.22. The van der Waals surface area contributed by atoms with Crippen molar-refractivity contribution >= 4 is 55.9 Å². The Morgan fingerprint density at radius 3 is 2.55 bits per heavy atom. The van der Waals surface area contributed by atoms with Crippen molar-refractivity contribution in [2.75, 3.05) is 16.3 Å². The molecule has 0 unspecified atom stereocenters. The molecule has 8 heteroatoms. The number of anilines is 2. The van der Waals surface area contributed by atoms with Crippen LogP contribution in [0.25, 0.3) is 0 Å². The highest BCUT2D eigenvalue weighted by atomic mass is 35.5. The number of halogens is 2. The van der Waals surface area contributed by atoms with Crippen LogP contribution < -0.4 is 10.0 Å². The van der Waals surface area contributed by atoms with E-state index in [1.807, 2.05) is 11.4 Å². The first-order valence-corrected chi connectivity index (χ1v) is 9.10. The van der Waals surface area contributed by atoms with Crippen LogP contribution in [0, 0.1) is 0 Å². The Morgan fingerprint density at radius 2 is 2.00 bits per heavy atom. The molecule has 1 aromatic carbocycles. The van der Waals surface area contributed by atoms with Gasteiger partial charge in [0.1, 0.15) is 0 Å². The van der Waals surface area contributed by atoms with E-state index in [2.05, 4.69) is 10.0 Å². The molecule has 20 heavy (non-hydrogen) atoms. The minimum Gasteiger partial charge on any atom is -0.380 e. The van der Waals surface area contributed by atoms with Gasteiger partial charge in [0.15, 0.2) is 0 Å². The lowest BCUT2D eigenvalue weighted by molar-refractivity contribution is 0.607. The average molecular weight is 351 g/mol. The highest BCUT2D eigenvalue weighted by Crippen LogP contribution is 2.27. The maximum atomic E-state index is 11.2. The Bertz CT molecular complexity index is 714. The number of nitrogens with one attached hydrogen (secondary N) is 2. The van der Waals surface area contributed by atoms with E-state index in [4.69, 9.17) is 23.2 Å². The average Bonchev–Trinajstić information content (AvgIpc) is 2.74. The summed E-state index contributed by atoms with van der Waals surface area (Å²) in [6.07, 6.45) is 1.08. The van der Waals surface area contributed by atoms with Crippen LogP contribution in [-0.2, 0) is 16.6 Å². The molecule has 0 amide bonds. The molecule has 0 atom stereocenters. The molecular weight excluding hydrogens is 339 g/mol. The second-order valence-electron chi connectivity index (χ2n) is 4.15. The number of sulfonamides is 1. The van der Waals surface area contributed by atoms with Crippen molar-refractivity contribution in [2.24, 2.45) is 0 Å². The third-order valence-electron chi connectivity index (χ3n) is 2.35. The van der Waals surface area contributed by atoms with Crippen LogP contribution in [-0.4, -0.2) is 14.7 Å². The fourth-order valence-corrected chi connectivity index (χ4v) is 3.42. The summed E-state index contributed by atoms with van der Waals surface area (Å²) in [5, 5.41) is 6.12. The summed E-state index contributed by atoms with van der Waals surface area (Å²) in [4.78, 5) is 1.10. The van der Waals surface area contributed by atoms with E-state index in [0.29, 0.717) is 17.3 Å². The summed E-state index contributed by atoms with van der Waals surface area (Å²) in [5.74, 6) is 0. The van der Waals surface area contributed by atoms with Crippen LogP contribution in [0.2, 0.25) is 10.0 Å². The summed E-state index contributed by atoms with van der Waals surface area (Å²) in [6.45, 7) is 0.632. The first kappa shape index (κ1) is 15.4. The van der Waals surface area contributed by atoms with Gasteiger partial charge in [0.2, 0.25) is 10.0 Å². The van der Waals surface area contributed by atoms with Crippen LogP contribution in [0.1, 0.15) is 4.88 Å². The van der Waals surface area contributed by atoms with Gasteiger partial charge in [-0.1, -0.05) is 23.2 Å². The number of rotatable bonds is 5. The lowest BCUT2D eigenvalue weighted by atomic mass is 10.3. The van der Waals surface area contributed by atoms with Gasteiger partial charge < -0.3 is 5.32 Å². The minimum atomic E-state index is -3.33. The number of benzene rings is 1. The van der Waals surface area contributed by atoms with Crippen LogP contribution >= 0.6 is 34.5 Å². The number of hydrogen-bond acceptors (Lipinski definition) is 4. The van der Waals surface area contributed by atoms with Crippen LogP contribution in [0.15, 0.2) is 29.6 Å². The van der Waals surface area contributed by atoms with Crippen molar-refractivity contribution in [2.45, 2.75) is 6.54 Å². The van der Waals surface area contributed by atoms with Gasteiger partial charge in [-0.3, -0.25) is 4.72 Å². The van der Waals surface area contributed by atoms with Gasteiger partial charge in [0, 0.05) is 22.5 Å². The standard InChI is InChI=1S/C12H12Cl2N2O2S2/c1-20(17,18)16-12-3-2-9(5-11(12)14)15-6-10-4-8(13)7-19-10/h2-5,7,15-16H,6H2,1H3. The van der Waals surface area contributed by atoms with E-state index in [0.717, 1.165) is 21.8 Å². The zero-order chi connectivity index (χ0) is 14.8. The molecule has 1 aromatic heterocycles. The van der Waals surface area contributed by atoms with Crippen molar-refractivity contribution in [3.05, 3.63) is 44.6 Å². The Kier molecular flexibility index (Phi) is 4.80. The van der Waals surface area contributed by atoms with Gasteiger partial charge in [-0.05, 0) is 24.3 Å². The fraction of sp³-hybridized carbons (Fsp3) is 0.167. The highest BCUT2D eigenvalue weighted by molar-refractivity contribution is 7.92. The first-order valence-electron chi connectivity index (χ1n) is 5.57. The molecule has 0 bridgehead atoms. The summed E-state index contributed by atoms with van der Waals surface area (Å²) in [5.41, 5.74) is 1.16. The van der Waals surface area contributed by atoms with Gasteiger partial charge in [-0.25, -0.2) is 8.42 Å². The van der Waals surface area contributed by atoms with Gasteiger partial charge in [0.25, 0.3) is 0 Å². The lowest BCUT2D eigenvalue weighted by Crippen LogP contribution is -2.10. The third kappa shape index (κ3) is 4.56. The Morgan fingerprint density at radius 1 is 1.25 bits per heavy atom. The largest absolute Gasteiger partial charge is 0.380 e. The maximum absolute atomic E-state index is 11.2. The first-order chi connectivity index (χ1) is 9.33. The van der Waals surface area contributed by atoms with Crippen molar-refractivity contribution in [1.82, 2.24) is 0 Å². The highest BCUT2D eigenvalue weighted by Gasteiger charge is 2.07. The van der Waals surface area contributed by atoms with Crippen molar-refractivity contribution in [3.8, 4) is 0 Å². The second-order valence-corrected chi connectivity index (χ2v) is 7.74. The fourth-order valence-electron chi connectivity index (χ4n) is 1.54. The monoisotopic (exact) mass is 350 g/mol. The van der Waals surface area contributed by atoms with Crippen LogP contribution in [0.4, 0.5) is 11.4 Å². The van der Waals surface area contributed by atoms with E-state index in [1.54, 1.807) is 29.5 Å². The predicted octanol–water partition coefficient (Wildman–Crippen LogP) is 4.04. The van der Waals surface area contributed by atoms with Gasteiger partial charge in [0.05, 0.1) is 22.0 Å². The molecule has 0 spiro atoms. The van der Waals surface area contributed by atoms with E-state index >= 15 is 0 Å². The SMILES string of the molecule is CS(=O)(=O)Nc1ccc(NCc2cc(Cl)cs2)cc1Cl. The molecule has 0 aliphatic heterocycles. The molecular formula is C12H12Cl2N2O2S2. The van der Waals surface area contributed by atoms with Gasteiger partial charge in [-0.15, -0.1) is 11.3 Å². The molecule has 0 saturated heterocycles. The zero-order valence-electron chi connectivity index (χ0n) is 10.5. The molecule has 1 heterocycles. The van der Waals surface area contributed by atoms with Crippen LogP contribution in [0.3, 0.4) is 0 Å². The van der Waals surface area contributed by atoms with Crippen LogP contribution in [0.5, 0.6) is 0 Å². The van der Waals surface area contributed by atoms with Crippen molar-refractivity contribution in [1.29, 1.82) is 0 Å². The molecule has 2 N–H and O–H groups in total. The van der Waals surface area contributed by atoms with Gasteiger partial charge in [-0.2, -0.15) is 0 Å².